The minimum Gasteiger partial charge on any atom is -0.296 e. The zero-order valence-electron chi connectivity index (χ0n) is 14.8. The van der Waals surface area contributed by atoms with E-state index in [9.17, 15) is 13.2 Å². The van der Waals surface area contributed by atoms with Crippen LogP contribution in [0.15, 0.2) is 57.9 Å². The summed E-state index contributed by atoms with van der Waals surface area (Å²) in [5, 5.41) is 11.9. The topological polar surface area (TPSA) is 101 Å². The normalized spacial score (nSPS) is 11.2. The van der Waals surface area contributed by atoms with Crippen LogP contribution in [0.1, 0.15) is 28.7 Å². The molecule has 3 rings (SSSR count). The van der Waals surface area contributed by atoms with Crippen LogP contribution in [-0.2, 0) is 16.4 Å². The van der Waals surface area contributed by atoms with E-state index in [-0.39, 0.29) is 10.8 Å². The number of amides is 1. The molecular weight excluding hydrogens is 464 g/mol. The van der Waals surface area contributed by atoms with Gasteiger partial charge in [-0.25, -0.2) is 8.42 Å². The van der Waals surface area contributed by atoms with Crippen LogP contribution in [0.5, 0.6) is 0 Å². The highest BCUT2D eigenvalue weighted by Crippen LogP contribution is 2.21. The van der Waals surface area contributed by atoms with E-state index in [1.54, 1.807) is 30.3 Å². The number of anilines is 2. The third-order valence-electron chi connectivity index (χ3n) is 3.65. The highest BCUT2D eigenvalue weighted by Gasteiger charge is 2.16. The average molecular weight is 481 g/mol. The minimum atomic E-state index is -3.76. The third-order valence-corrected chi connectivity index (χ3v) is 6.48. The van der Waals surface area contributed by atoms with Crippen LogP contribution >= 0.6 is 27.3 Å². The fourth-order valence-corrected chi connectivity index (χ4v) is 4.49. The molecule has 0 spiro atoms. The first-order valence-electron chi connectivity index (χ1n) is 8.39. The van der Waals surface area contributed by atoms with Crippen molar-refractivity contribution in [3.05, 3.63) is 63.6 Å². The molecule has 0 radical (unpaired) electrons. The van der Waals surface area contributed by atoms with Crippen LogP contribution in [0.3, 0.4) is 0 Å². The van der Waals surface area contributed by atoms with Gasteiger partial charge in [0.2, 0.25) is 5.13 Å². The van der Waals surface area contributed by atoms with E-state index in [1.165, 1.54) is 29.5 Å². The molecular formula is C18H17BrN4O3S2. The van der Waals surface area contributed by atoms with Crippen LogP contribution in [-0.4, -0.2) is 24.5 Å². The SMILES string of the molecule is CCCc1nnc(NC(=O)c2cccc(NS(=O)(=O)c3ccc(Br)cc3)c2)s1. The maximum Gasteiger partial charge on any atom is 0.261 e. The first kappa shape index (κ1) is 20.4. The number of aryl methyl sites for hydroxylation is 1. The second kappa shape index (κ2) is 8.80. The Hall–Kier alpha value is -2.30. The molecule has 0 unspecified atom stereocenters. The van der Waals surface area contributed by atoms with E-state index in [4.69, 9.17) is 0 Å². The summed E-state index contributed by atoms with van der Waals surface area (Å²) in [6.07, 6.45) is 1.75. The van der Waals surface area contributed by atoms with Gasteiger partial charge in [-0.2, -0.15) is 0 Å². The van der Waals surface area contributed by atoms with Crippen LogP contribution < -0.4 is 10.0 Å². The molecule has 146 valence electrons. The number of hydrogen-bond acceptors (Lipinski definition) is 6. The van der Waals surface area contributed by atoms with Crippen LogP contribution in [0.25, 0.3) is 0 Å². The summed E-state index contributed by atoms with van der Waals surface area (Å²) in [5.74, 6) is -0.385. The Morgan fingerprint density at radius 2 is 1.89 bits per heavy atom. The van der Waals surface area contributed by atoms with Crippen molar-refractivity contribution in [1.82, 2.24) is 10.2 Å². The Labute approximate surface area is 175 Å². The molecule has 0 aliphatic carbocycles. The molecule has 1 aromatic heterocycles. The molecule has 2 aromatic carbocycles. The van der Waals surface area contributed by atoms with Crippen LogP contribution in [0, 0.1) is 0 Å². The molecule has 2 N–H and O–H groups in total. The van der Waals surface area contributed by atoms with Crippen molar-refractivity contribution in [3.8, 4) is 0 Å². The Balaban J connectivity index is 1.74. The lowest BCUT2D eigenvalue weighted by atomic mass is 10.2. The van der Waals surface area contributed by atoms with Gasteiger partial charge in [0, 0.05) is 22.1 Å². The second-order valence-corrected chi connectivity index (χ2v) is 9.51. The van der Waals surface area contributed by atoms with E-state index < -0.39 is 10.0 Å². The number of nitrogens with one attached hydrogen (secondary N) is 2. The van der Waals surface area contributed by atoms with Gasteiger partial charge in [-0.1, -0.05) is 40.3 Å². The molecule has 0 saturated heterocycles. The predicted octanol–water partition coefficient (Wildman–Crippen LogP) is 4.31. The zero-order valence-corrected chi connectivity index (χ0v) is 18.1. The molecule has 0 aliphatic heterocycles. The molecule has 7 nitrogen and oxygen atoms in total. The van der Waals surface area contributed by atoms with Crippen LogP contribution in [0.2, 0.25) is 0 Å². The van der Waals surface area contributed by atoms with Crippen molar-refractivity contribution in [2.75, 3.05) is 10.0 Å². The number of benzene rings is 2. The smallest absolute Gasteiger partial charge is 0.261 e. The van der Waals surface area contributed by atoms with Crippen molar-refractivity contribution in [2.45, 2.75) is 24.7 Å². The Morgan fingerprint density at radius 3 is 2.61 bits per heavy atom. The predicted molar refractivity (Wildman–Crippen MR) is 113 cm³/mol. The summed E-state index contributed by atoms with van der Waals surface area (Å²) >= 11 is 4.60. The lowest BCUT2D eigenvalue weighted by Gasteiger charge is -2.09. The summed E-state index contributed by atoms with van der Waals surface area (Å²) in [6, 6.07) is 12.5. The zero-order chi connectivity index (χ0) is 20.1. The van der Waals surface area contributed by atoms with Gasteiger partial charge >= 0.3 is 0 Å². The number of nitrogens with zero attached hydrogens (tertiary/aromatic N) is 2. The lowest BCUT2D eigenvalue weighted by molar-refractivity contribution is 0.102. The maximum atomic E-state index is 12.5. The quantitative estimate of drug-likeness (QED) is 0.524. The summed E-state index contributed by atoms with van der Waals surface area (Å²) in [6.45, 7) is 2.04. The monoisotopic (exact) mass is 480 g/mol. The summed E-state index contributed by atoms with van der Waals surface area (Å²) in [5.41, 5.74) is 0.600. The van der Waals surface area contributed by atoms with E-state index >= 15 is 0 Å². The lowest BCUT2D eigenvalue weighted by Crippen LogP contribution is -2.15. The van der Waals surface area contributed by atoms with Crippen molar-refractivity contribution >= 4 is 54.0 Å². The van der Waals surface area contributed by atoms with E-state index in [0.717, 1.165) is 22.3 Å². The van der Waals surface area contributed by atoms with Gasteiger partial charge in [0.25, 0.3) is 15.9 Å². The first-order valence-corrected chi connectivity index (χ1v) is 11.5. The number of rotatable bonds is 7. The summed E-state index contributed by atoms with van der Waals surface area (Å²) < 4.78 is 28.3. The number of carbonyl (C=O) groups excluding carboxylic acids is 1. The van der Waals surface area contributed by atoms with E-state index in [0.29, 0.717) is 16.4 Å². The number of sulfonamides is 1. The van der Waals surface area contributed by atoms with Gasteiger partial charge in [-0.3, -0.25) is 14.8 Å². The number of halogens is 1. The Morgan fingerprint density at radius 1 is 1.14 bits per heavy atom. The fourth-order valence-electron chi connectivity index (χ4n) is 2.34. The first-order chi connectivity index (χ1) is 13.4. The van der Waals surface area contributed by atoms with Crippen molar-refractivity contribution < 1.29 is 13.2 Å². The third kappa shape index (κ3) is 5.15. The second-order valence-electron chi connectivity index (χ2n) is 5.85. The highest BCUT2D eigenvalue weighted by molar-refractivity contribution is 9.10. The van der Waals surface area contributed by atoms with Gasteiger partial charge in [0.05, 0.1) is 4.90 Å². The molecule has 0 aliphatic rings. The van der Waals surface area contributed by atoms with Crippen molar-refractivity contribution in [1.29, 1.82) is 0 Å². The molecule has 0 saturated carbocycles. The van der Waals surface area contributed by atoms with E-state index in [2.05, 4.69) is 36.2 Å². The molecule has 0 atom stereocenters. The van der Waals surface area contributed by atoms with E-state index in [1.807, 2.05) is 6.92 Å². The standard InChI is InChI=1S/C18H17BrN4O3S2/c1-2-4-16-21-22-18(27-16)20-17(24)12-5-3-6-14(11-12)23-28(25,26)15-9-7-13(19)8-10-15/h3,5-11,23H,2,4H2,1H3,(H,20,22,24). The van der Waals surface area contributed by atoms with Gasteiger partial charge in [0.1, 0.15) is 5.01 Å². The average Bonchev–Trinajstić information content (AvgIpc) is 3.09. The molecule has 3 aromatic rings. The van der Waals surface area contributed by atoms with Crippen molar-refractivity contribution in [2.24, 2.45) is 0 Å². The van der Waals surface area contributed by atoms with Crippen LogP contribution in [0.4, 0.5) is 10.8 Å². The Kier molecular flexibility index (Phi) is 6.42. The molecule has 10 heteroatoms. The molecule has 1 amide bonds. The summed E-state index contributed by atoms with van der Waals surface area (Å²) in [7, 11) is -3.76. The largest absolute Gasteiger partial charge is 0.296 e. The van der Waals surface area contributed by atoms with Crippen molar-refractivity contribution in [3.63, 3.8) is 0 Å². The minimum absolute atomic E-state index is 0.128. The van der Waals surface area contributed by atoms with Gasteiger partial charge in [-0.15, -0.1) is 10.2 Å². The number of aromatic nitrogens is 2. The highest BCUT2D eigenvalue weighted by atomic mass is 79.9. The number of carbonyl (C=O) groups is 1. The fraction of sp³-hybridized carbons (Fsp3) is 0.167. The number of hydrogen-bond donors (Lipinski definition) is 2. The molecule has 1 heterocycles. The van der Waals surface area contributed by atoms with Gasteiger partial charge < -0.3 is 0 Å². The molecule has 0 bridgehead atoms. The molecule has 0 fully saturated rings. The van der Waals surface area contributed by atoms with Gasteiger partial charge in [-0.05, 0) is 48.9 Å². The molecule has 28 heavy (non-hydrogen) atoms. The Bertz CT molecular complexity index is 1080. The summed E-state index contributed by atoms with van der Waals surface area (Å²) in [4.78, 5) is 12.6. The maximum absolute atomic E-state index is 12.5. The van der Waals surface area contributed by atoms with Gasteiger partial charge in [0.15, 0.2) is 0 Å².